The molecule has 5 heteroatoms. The molecule has 80 valence electrons. The molecule has 2 N–H and O–H groups in total. The molecule has 0 spiro atoms. The van der Waals surface area contributed by atoms with Crippen LogP contribution in [0.25, 0.3) is 0 Å². The van der Waals surface area contributed by atoms with Gasteiger partial charge in [-0.1, -0.05) is 6.07 Å². The van der Waals surface area contributed by atoms with E-state index in [4.69, 9.17) is 12.2 Å². The van der Waals surface area contributed by atoms with E-state index < -0.39 is 0 Å². The third-order valence-electron chi connectivity index (χ3n) is 1.46. The number of halogens is 1. The van der Waals surface area contributed by atoms with E-state index in [-0.39, 0.29) is 5.82 Å². The minimum atomic E-state index is -0.307. The Morgan fingerprint density at radius 3 is 2.73 bits per heavy atom. The number of nitrogens with zero attached hydrogens (tertiary/aromatic N) is 1. The first-order chi connectivity index (χ1) is 7.08. The Morgan fingerprint density at radius 2 is 2.13 bits per heavy atom. The second-order valence-electron chi connectivity index (χ2n) is 3.14. The van der Waals surface area contributed by atoms with Gasteiger partial charge in [-0.2, -0.15) is 5.10 Å². The van der Waals surface area contributed by atoms with Crippen molar-refractivity contribution < 1.29 is 4.39 Å². The van der Waals surface area contributed by atoms with Crippen LogP contribution in [0.5, 0.6) is 0 Å². The van der Waals surface area contributed by atoms with Gasteiger partial charge in [-0.05, 0) is 44.3 Å². The summed E-state index contributed by atoms with van der Waals surface area (Å²) in [5.74, 6) is -0.307. The number of benzene rings is 1. The molecule has 0 saturated heterocycles. The third kappa shape index (κ3) is 4.51. The molecule has 3 nitrogen and oxygen atoms in total. The average Bonchev–Trinajstić information content (AvgIpc) is 2.15. The quantitative estimate of drug-likeness (QED) is 0.461. The summed E-state index contributed by atoms with van der Waals surface area (Å²) in [6.07, 6.45) is 0. The predicted octanol–water partition coefficient (Wildman–Crippen LogP) is 2.51. The molecule has 0 aromatic heterocycles. The van der Waals surface area contributed by atoms with Crippen molar-refractivity contribution in [1.82, 2.24) is 5.43 Å². The zero-order valence-electron chi connectivity index (χ0n) is 8.54. The first-order valence-electron chi connectivity index (χ1n) is 4.41. The van der Waals surface area contributed by atoms with E-state index in [9.17, 15) is 4.39 Å². The van der Waals surface area contributed by atoms with E-state index in [1.807, 2.05) is 13.8 Å². The van der Waals surface area contributed by atoms with E-state index in [2.05, 4.69) is 15.8 Å². The topological polar surface area (TPSA) is 36.4 Å². The summed E-state index contributed by atoms with van der Waals surface area (Å²) in [4.78, 5) is 0. The lowest BCUT2D eigenvalue weighted by Crippen LogP contribution is -2.24. The molecule has 0 saturated carbocycles. The molecular formula is C10H12FN3S. The van der Waals surface area contributed by atoms with Gasteiger partial charge in [0.2, 0.25) is 0 Å². The number of hydrogen-bond donors (Lipinski definition) is 2. The number of rotatable bonds is 2. The predicted molar refractivity (Wildman–Crippen MR) is 64.5 cm³/mol. The summed E-state index contributed by atoms with van der Waals surface area (Å²) in [6.45, 7) is 3.69. The summed E-state index contributed by atoms with van der Waals surface area (Å²) < 4.78 is 12.8. The average molecular weight is 225 g/mol. The summed E-state index contributed by atoms with van der Waals surface area (Å²) in [6, 6.07) is 6.06. The van der Waals surface area contributed by atoms with Gasteiger partial charge in [-0.15, -0.1) is 0 Å². The van der Waals surface area contributed by atoms with Crippen molar-refractivity contribution in [2.75, 3.05) is 5.32 Å². The van der Waals surface area contributed by atoms with Crippen LogP contribution in [0.2, 0.25) is 0 Å². The third-order valence-corrected chi connectivity index (χ3v) is 1.66. The minimum absolute atomic E-state index is 0.307. The molecule has 0 fully saturated rings. The van der Waals surface area contributed by atoms with Crippen molar-refractivity contribution in [3.63, 3.8) is 0 Å². The van der Waals surface area contributed by atoms with Crippen LogP contribution in [0.4, 0.5) is 10.1 Å². The summed E-state index contributed by atoms with van der Waals surface area (Å²) in [5, 5.41) is 7.06. The van der Waals surface area contributed by atoms with Crippen LogP contribution in [-0.4, -0.2) is 10.8 Å². The zero-order chi connectivity index (χ0) is 11.3. The second kappa shape index (κ2) is 5.41. The van der Waals surface area contributed by atoms with E-state index in [1.54, 1.807) is 12.1 Å². The Hall–Kier alpha value is -1.49. The van der Waals surface area contributed by atoms with Crippen LogP contribution in [0, 0.1) is 5.82 Å². The van der Waals surface area contributed by atoms with Crippen molar-refractivity contribution in [2.45, 2.75) is 13.8 Å². The Labute approximate surface area is 93.4 Å². The van der Waals surface area contributed by atoms with Crippen LogP contribution in [0.1, 0.15) is 13.8 Å². The molecule has 0 unspecified atom stereocenters. The molecule has 1 rings (SSSR count). The highest BCUT2D eigenvalue weighted by Crippen LogP contribution is 2.08. The lowest BCUT2D eigenvalue weighted by Gasteiger charge is -2.06. The molecule has 0 heterocycles. The summed E-state index contributed by atoms with van der Waals surface area (Å²) in [5.41, 5.74) is 4.09. The maximum atomic E-state index is 12.8. The highest BCUT2D eigenvalue weighted by Gasteiger charge is 1.97. The fourth-order valence-electron chi connectivity index (χ4n) is 0.888. The van der Waals surface area contributed by atoms with E-state index >= 15 is 0 Å². The normalized spacial score (nSPS) is 9.27. The number of hydrogen-bond acceptors (Lipinski definition) is 2. The largest absolute Gasteiger partial charge is 0.331 e. The van der Waals surface area contributed by atoms with Crippen molar-refractivity contribution in [3.8, 4) is 0 Å². The van der Waals surface area contributed by atoms with Gasteiger partial charge in [0.25, 0.3) is 0 Å². The van der Waals surface area contributed by atoms with Gasteiger partial charge in [-0.3, -0.25) is 5.43 Å². The molecule has 0 aliphatic rings. The highest BCUT2D eigenvalue weighted by molar-refractivity contribution is 7.80. The first kappa shape index (κ1) is 11.6. The SMILES string of the molecule is CC(C)=NNC(=S)Nc1cccc(F)c1. The van der Waals surface area contributed by atoms with Crippen LogP contribution in [0.15, 0.2) is 29.4 Å². The molecule has 0 aliphatic heterocycles. The smallest absolute Gasteiger partial charge is 0.191 e. The van der Waals surface area contributed by atoms with Crippen LogP contribution < -0.4 is 10.7 Å². The summed E-state index contributed by atoms with van der Waals surface area (Å²) >= 11 is 4.95. The fraction of sp³-hybridized carbons (Fsp3) is 0.200. The number of hydrazone groups is 1. The maximum Gasteiger partial charge on any atom is 0.191 e. The molecule has 0 atom stereocenters. The van der Waals surface area contributed by atoms with Crippen LogP contribution in [0.3, 0.4) is 0 Å². The zero-order valence-corrected chi connectivity index (χ0v) is 9.36. The van der Waals surface area contributed by atoms with Crippen molar-refractivity contribution in [2.24, 2.45) is 5.10 Å². The van der Waals surface area contributed by atoms with Gasteiger partial charge in [0, 0.05) is 11.4 Å². The molecular weight excluding hydrogens is 213 g/mol. The highest BCUT2D eigenvalue weighted by atomic mass is 32.1. The lowest BCUT2D eigenvalue weighted by atomic mass is 10.3. The van der Waals surface area contributed by atoms with Gasteiger partial charge >= 0.3 is 0 Å². The van der Waals surface area contributed by atoms with E-state index in [1.165, 1.54) is 12.1 Å². The number of thiocarbonyl (C=S) groups is 1. The van der Waals surface area contributed by atoms with Gasteiger partial charge in [-0.25, -0.2) is 4.39 Å². The Kier molecular flexibility index (Phi) is 4.17. The van der Waals surface area contributed by atoms with Crippen LogP contribution in [-0.2, 0) is 0 Å². The van der Waals surface area contributed by atoms with E-state index in [0.29, 0.717) is 10.8 Å². The van der Waals surface area contributed by atoms with Crippen molar-refractivity contribution >= 4 is 28.7 Å². The molecule has 0 bridgehead atoms. The van der Waals surface area contributed by atoms with Crippen molar-refractivity contribution in [1.29, 1.82) is 0 Å². The maximum absolute atomic E-state index is 12.8. The van der Waals surface area contributed by atoms with Crippen molar-refractivity contribution in [3.05, 3.63) is 30.1 Å². The van der Waals surface area contributed by atoms with E-state index in [0.717, 1.165) is 5.71 Å². The van der Waals surface area contributed by atoms with Gasteiger partial charge in [0.1, 0.15) is 5.82 Å². The standard InChI is InChI=1S/C10H12FN3S/c1-7(2)13-14-10(15)12-9-5-3-4-8(11)6-9/h3-6H,1-2H3,(H2,12,14,15). The van der Waals surface area contributed by atoms with Gasteiger partial charge < -0.3 is 5.32 Å². The minimum Gasteiger partial charge on any atom is -0.331 e. The summed E-state index contributed by atoms with van der Waals surface area (Å²) in [7, 11) is 0. The second-order valence-corrected chi connectivity index (χ2v) is 3.54. The first-order valence-corrected chi connectivity index (χ1v) is 4.82. The van der Waals surface area contributed by atoms with Gasteiger partial charge in [0.15, 0.2) is 5.11 Å². The van der Waals surface area contributed by atoms with Crippen LogP contribution >= 0.6 is 12.2 Å². The lowest BCUT2D eigenvalue weighted by molar-refractivity contribution is 0.628. The molecule has 0 radical (unpaired) electrons. The number of anilines is 1. The molecule has 1 aromatic carbocycles. The molecule has 0 amide bonds. The Bertz CT molecular complexity index is 386. The fourth-order valence-corrected chi connectivity index (χ4v) is 1.05. The Balaban J connectivity index is 2.55. The molecule has 1 aromatic rings. The molecule has 15 heavy (non-hydrogen) atoms. The monoisotopic (exact) mass is 225 g/mol. The van der Waals surface area contributed by atoms with Gasteiger partial charge in [0.05, 0.1) is 0 Å². The molecule has 0 aliphatic carbocycles. The Morgan fingerprint density at radius 1 is 1.40 bits per heavy atom. The number of nitrogens with one attached hydrogen (secondary N) is 2.